The largest absolute Gasteiger partial charge is 0.395 e. The SMILES string of the molecule is CCN(CCO)Cc1ccc(C(=O)NN)cc1. The van der Waals surface area contributed by atoms with Gasteiger partial charge in [-0.15, -0.1) is 0 Å². The van der Waals surface area contributed by atoms with Crippen LogP contribution in [-0.2, 0) is 6.54 Å². The minimum Gasteiger partial charge on any atom is -0.395 e. The molecule has 0 aliphatic rings. The molecule has 4 N–H and O–H groups in total. The summed E-state index contributed by atoms with van der Waals surface area (Å²) in [5, 5.41) is 8.89. The number of aliphatic hydroxyl groups is 1. The molecule has 0 radical (unpaired) electrons. The van der Waals surface area contributed by atoms with Crippen molar-refractivity contribution in [2.45, 2.75) is 13.5 Å². The fourth-order valence-electron chi connectivity index (χ4n) is 1.59. The molecule has 0 bridgehead atoms. The van der Waals surface area contributed by atoms with Gasteiger partial charge in [-0.2, -0.15) is 0 Å². The van der Waals surface area contributed by atoms with Crippen molar-refractivity contribution in [2.75, 3.05) is 19.7 Å². The number of hydrazine groups is 1. The summed E-state index contributed by atoms with van der Waals surface area (Å²) in [6, 6.07) is 7.27. The fourth-order valence-corrected chi connectivity index (χ4v) is 1.59. The predicted octanol–water partition coefficient (Wildman–Crippen LogP) is 0.104. The van der Waals surface area contributed by atoms with E-state index in [1.54, 1.807) is 12.1 Å². The number of carbonyl (C=O) groups is 1. The Hall–Kier alpha value is -1.43. The summed E-state index contributed by atoms with van der Waals surface area (Å²) >= 11 is 0. The average Bonchev–Trinajstić information content (AvgIpc) is 2.38. The number of nitrogens with one attached hydrogen (secondary N) is 1. The van der Waals surface area contributed by atoms with Gasteiger partial charge in [0.15, 0.2) is 0 Å². The van der Waals surface area contributed by atoms with Crippen LogP contribution in [0.15, 0.2) is 24.3 Å². The van der Waals surface area contributed by atoms with Gasteiger partial charge in [0.1, 0.15) is 0 Å². The van der Waals surface area contributed by atoms with Gasteiger partial charge in [0.25, 0.3) is 5.91 Å². The number of amides is 1. The van der Waals surface area contributed by atoms with Gasteiger partial charge in [-0.3, -0.25) is 15.1 Å². The molecule has 1 rings (SSSR count). The first-order chi connectivity index (χ1) is 8.21. The molecule has 0 atom stereocenters. The van der Waals surface area contributed by atoms with Crippen LogP contribution in [0.2, 0.25) is 0 Å². The van der Waals surface area contributed by atoms with Crippen LogP contribution in [0.1, 0.15) is 22.8 Å². The molecule has 0 aromatic heterocycles. The van der Waals surface area contributed by atoms with Gasteiger partial charge >= 0.3 is 0 Å². The van der Waals surface area contributed by atoms with Crippen LogP contribution < -0.4 is 11.3 Å². The molecule has 17 heavy (non-hydrogen) atoms. The van der Waals surface area contributed by atoms with E-state index in [4.69, 9.17) is 10.9 Å². The Morgan fingerprint density at radius 3 is 2.53 bits per heavy atom. The molecule has 5 heteroatoms. The number of nitrogens with zero attached hydrogens (tertiary/aromatic N) is 1. The molecular weight excluding hydrogens is 218 g/mol. The number of rotatable bonds is 6. The van der Waals surface area contributed by atoms with Crippen molar-refractivity contribution in [3.05, 3.63) is 35.4 Å². The monoisotopic (exact) mass is 237 g/mol. The standard InChI is InChI=1S/C12H19N3O2/c1-2-15(7-8-16)9-10-3-5-11(6-4-10)12(17)14-13/h3-6,16H,2,7-9,13H2,1H3,(H,14,17). The Balaban J connectivity index is 2.64. The first-order valence-corrected chi connectivity index (χ1v) is 5.64. The van der Waals surface area contributed by atoms with Gasteiger partial charge in [0.05, 0.1) is 6.61 Å². The van der Waals surface area contributed by atoms with Crippen LogP contribution in [-0.4, -0.2) is 35.6 Å². The van der Waals surface area contributed by atoms with Crippen molar-refractivity contribution < 1.29 is 9.90 Å². The summed E-state index contributed by atoms with van der Waals surface area (Å²) in [5.41, 5.74) is 3.74. The number of benzene rings is 1. The van der Waals surface area contributed by atoms with Crippen molar-refractivity contribution in [1.29, 1.82) is 0 Å². The summed E-state index contributed by atoms with van der Waals surface area (Å²) in [6.45, 7) is 4.50. The molecule has 1 amide bonds. The maximum absolute atomic E-state index is 11.2. The van der Waals surface area contributed by atoms with E-state index in [0.717, 1.165) is 18.7 Å². The first-order valence-electron chi connectivity index (χ1n) is 5.64. The zero-order chi connectivity index (χ0) is 12.7. The maximum Gasteiger partial charge on any atom is 0.265 e. The highest BCUT2D eigenvalue weighted by Gasteiger charge is 2.05. The third-order valence-corrected chi connectivity index (χ3v) is 2.62. The molecule has 0 heterocycles. The van der Waals surface area contributed by atoms with Crippen LogP contribution in [0.4, 0.5) is 0 Å². The van der Waals surface area contributed by atoms with Crippen molar-refractivity contribution in [1.82, 2.24) is 10.3 Å². The smallest absolute Gasteiger partial charge is 0.265 e. The van der Waals surface area contributed by atoms with Crippen molar-refractivity contribution in [3.63, 3.8) is 0 Å². The van der Waals surface area contributed by atoms with Crippen LogP contribution in [0.5, 0.6) is 0 Å². The van der Waals surface area contributed by atoms with Gasteiger partial charge in [-0.1, -0.05) is 19.1 Å². The second-order valence-corrected chi connectivity index (χ2v) is 3.76. The van der Waals surface area contributed by atoms with Crippen LogP contribution in [0.3, 0.4) is 0 Å². The molecular formula is C12H19N3O2. The van der Waals surface area contributed by atoms with Gasteiger partial charge < -0.3 is 5.11 Å². The first kappa shape index (κ1) is 13.6. The topological polar surface area (TPSA) is 78.6 Å². The zero-order valence-corrected chi connectivity index (χ0v) is 10.0. The van der Waals surface area contributed by atoms with Crippen molar-refractivity contribution in [3.8, 4) is 0 Å². The third kappa shape index (κ3) is 4.14. The minimum atomic E-state index is -0.292. The number of carbonyl (C=O) groups excluding carboxylic acids is 1. The van der Waals surface area contributed by atoms with Gasteiger partial charge in [-0.25, -0.2) is 5.84 Å². The lowest BCUT2D eigenvalue weighted by atomic mass is 10.1. The third-order valence-electron chi connectivity index (χ3n) is 2.62. The maximum atomic E-state index is 11.2. The minimum absolute atomic E-state index is 0.154. The van der Waals surface area contributed by atoms with E-state index in [-0.39, 0.29) is 12.5 Å². The van der Waals surface area contributed by atoms with Crippen LogP contribution in [0, 0.1) is 0 Å². The van der Waals surface area contributed by atoms with E-state index in [2.05, 4.69) is 10.3 Å². The summed E-state index contributed by atoms with van der Waals surface area (Å²) < 4.78 is 0. The van der Waals surface area contributed by atoms with Gasteiger partial charge in [-0.05, 0) is 24.2 Å². The summed E-state index contributed by atoms with van der Waals surface area (Å²) in [7, 11) is 0. The summed E-state index contributed by atoms with van der Waals surface area (Å²) in [6.07, 6.45) is 0. The van der Waals surface area contributed by atoms with E-state index >= 15 is 0 Å². The molecule has 0 aliphatic carbocycles. The molecule has 1 aromatic rings. The van der Waals surface area contributed by atoms with E-state index in [0.29, 0.717) is 12.1 Å². The molecule has 0 aliphatic heterocycles. The van der Waals surface area contributed by atoms with Crippen LogP contribution >= 0.6 is 0 Å². The normalized spacial score (nSPS) is 10.6. The second kappa shape index (κ2) is 7.01. The quantitative estimate of drug-likeness (QED) is 0.372. The Bertz CT molecular complexity index is 351. The molecule has 0 fully saturated rings. The van der Waals surface area contributed by atoms with E-state index in [9.17, 15) is 4.79 Å². The summed E-state index contributed by atoms with van der Waals surface area (Å²) in [5.74, 6) is 4.76. The molecule has 5 nitrogen and oxygen atoms in total. The number of nitrogens with two attached hydrogens (primary N) is 1. The zero-order valence-electron chi connectivity index (χ0n) is 10.0. The average molecular weight is 237 g/mol. The lowest BCUT2D eigenvalue weighted by molar-refractivity contribution is 0.0953. The Labute approximate surface area is 101 Å². The molecule has 94 valence electrons. The number of nitrogen functional groups attached to an aromatic ring is 1. The Morgan fingerprint density at radius 2 is 2.06 bits per heavy atom. The van der Waals surface area contributed by atoms with Crippen LogP contribution in [0.25, 0.3) is 0 Å². The molecule has 1 aromatic carbocycles. The van der Waals surface area contributed by atoms with E-state index in [1.807, 2.05) is 19.1 Å². The van der Waals surface area contributed by atoms with Gasteiger partial charge in [0.2, 0.25) is 0 Å². The molecule has 0 unspecified atom stereocenters. The van der Waals surface area contributed by atoms with E-state index in [1.165, 1.54) is 0 Å². The van der Waals surface area contributed by atoms with Gasteiger partial charge in [0, 0.05) is 18.7 Å². The lowest BCUT2D eigenvalue weighted by Crippen LogP contribution is -2.30. The van der Waals surface area contributed by atoms with E-state index < -0.39 is 0 Å². The highest BCUT2D eigenvalue weighted by molar-refractivity contribution is 5.93. The predicted molar refractivity (Wildman–Crippen MR) is 66.1 cm³/mol. The van der Waals surface area contributed by atoms with Crippen molar-refractivity contribution in [2.24, 2.45) is 5.84 Å². The number of aliphatic hydroxyl groups excluding tert-OH is 1. The Morgan fingerprint density at radius 1 is 1.41 bits per heavy atom. The highest BCUT2D eigenvalue weighted by Crippen LogP contribution is 2.07. The lowest BCUT2D eigenvalue weighted by Gasteiger charge is -2.19. The number of hydrogen-bond acceptors (Lipinski definition) is 4. The summed E-state index contributed by atoms with van der Waals surface area (Å²) in [4.78, 5) is 13.3. The molecule has 0 saturated heterocycles. The fraction of sp³-hybridized carbons (Fsp3) is 0.417. The highest BCUT2D eigenvalue weighted by atomic mass is 16.3. The second-order valence-electron chi connectivity index (χ2n) is 3.76. The number of hydrogen-bond donors (Lipinski definition) is 3. The molecule has 0 saturated carbocycles. The number of likely N-dealkylation sites (N-methyl/N-ethyl adjacent to an activating group) is 1. The molecule has 0 spiro atoms. The van der Waals surface area contributed by atoms with Crippen molar-refractivity contribution >= 4 is 5.91 Å². The Kier molecular flexibility index (Phi) is 5.62.